The van der Waals surface area contributed by atoms with Gasteiger partial charge in [0.15, 0.2) is 11.5 Å². The van der Waals surface area contributed by atoms with Crippen molar-refractivity contribution in [2.75, 3.05) is 14.2 Å². The highest BCUT2D eigenvalue weighted by atomic mass is 16.5. The summed E-state index contributed by atoms with van der Waals surface area (Å²) in [5.74, 6) is 1.94. The molecule has 0 radical (unpaired) electrons. The number of phenols is 1. The first-order valence-corrected chi connectivity index (χ1v) is 6.52. The van der Waals surface area contributed by atoms with Crippen molar-refractivity contribution >= 4 is 11.0 Å². The number of phenolic OH excluding ortho intramolecular Hbond substituents is 1. The van der Waals surface area contributed by atoms with Crippen molar-refractivity contribution < 1.29 is 14.6 Å². The van der Waals surface area contributed by atoms with Crippen LogP contribution < -0.4 is 9.47 Å². The van der Waals surface area contributed by atoms with E-state index in [4.69, 9.17) is 9.47 Å². The van der Waals surface area contributed by atoms with Crippen LogP contribution in [0, 0.1) is 0 Å². The smallest absolute Gasteiger partial charge is 0.168 e. The van der Waals surface area contributed by atoms with E-state index in [-0.39, 0.29) is 5.75 Å². The summed E-state index contributed by atoms with van der Waals surface area (Å²) in [7, 11) is 5.06. The van der Waals surface area contributed by atoms with Crippen molar-refractivity contribution in [2.24, 2.45) is 7.05 Å². The van der Waals surface area contributed by atoms with Gasteiger partial charge in [0, 0.05) is 13.1 Å². The number of methoxy groups -OCH3 is 2. The Morgan fingerprint density at radius 3 is 2.62 bits per heavy atom. The van der Waals surface area contributed by atoms with Crippen LogP contribution in [0.3, 0.4) is 0 Å². The van der Waals surface area contributed by atoms with Crippen LogP contribution in [0.1, 0.15) is 0 Å². The zero-order valence-electron chi connectivity index (χ0n) is 12.1. The number of aromatic hydroxyl groups is 1. The van der Waals surface area contributed by atoms with Gasteiger partial charge in [0.25, 0.3) is 0 Å². The van der Waals surface area contributed by atoms with Crippen molar-refractivity contribution in [3.63, 3.8) is 0 Å². The van der Waals surface area contributed by atoms with Gasteiger partial charge in [0.2, 0.25) is 0 Å². The quantitative estimate of drug-likeness (QED) is 0.803. The molecule has 1 heterocycles. The molecular weight excluding hydrogens is 268 g/mol. The number of fused-ring (bicyclic) bond motifs is 1. The zero-order valence-corrected chi connectivity index (χ0v) is 12.1. The summed E-state index contributed by atoms with van der Waals surface area (Å²) < 4.78 is 12.3. The predicted octanol–water partition coefficient (Wildman–Crippen LogP) is 2.96. The minimum absolute atomic E-state index is 0.0883. The molecule has 0 spiro atoms. The van der Waals surface area contributed by atoms with E-state index in [9.17, 15) is 5.11 Å². The number of hydrogen-bond acceptors (Lipinski definition) is 4. The lowest BCUT2D eigenvalue weighted by atomic mass is 10.1. The minimum atomic E-state index is 0.0883. The average Bonchev–Trinajstić information content (AvgIpc) is 2.84. The summed E-state index contributed by atoms with van der Waals surface area (Å²) in [5, 5.41) is 10.3. The van der Waals surface area contributed by atoms with E-state index in [0.717, 1.165) is 16.8 Å². The number of nitrogens with zero attached hydrogens (tertiary/aromatic N) is 2. The molecule has 1 aromatic heterocycles. The minimum Gasteiger partial charge on any atom is -0.504 e. The third-order valence-electron chi connectivity index (χ3n) is 3.55. The molecule has 5 nitrogen and oxygen atoms in total. The van der Waals surface area contributed by atoms with Crippen LogP contribution >= 0.6 is 0 Å². The maximum absolute atomic E-state index is 10.3. The molecule has 1 N–H and O–H groups in total. The highest BCUT2D eigenvalue weighted by molar-refractivity contribution is 5.83. The fourth-order valence-electron chi connectivity index (χ4n) is 2.41. The fourth-order valence-corrected chi connectivity index (χ4v) is 2.41. The van der Waals surface area contributed by atoms with Gasteiger partial charge >= 0.3 is 0 Å². The molecule has 0 amide bonds. The second-order valence-corrected chi connectivity index (χ2v) is 4.71. The standard InChI is InChI=1S/C16H16N2O3/c1-18-13-8-7-10(20-2)9-12(13)17-16(18)11-5-4-6-14(21-3)15(11)19/h4-9,19H,1-3H3. The Morgan fingerprint density at radius 2 is 1.90 bits per heavy atom. The lowest BCUT2D eigenvalue weighted by molar-refractivity contribution is 0.374. The molecule has 2 aromatic carbocycles. The van der Waals surface area contributed by atoms with E-state index in [1.54, 1.807) is 13.2 Å². The molecule has 21 heavy (non-hydrogen) atoms. The summed E-state index contributed by atoms with van der Waals surface area (Å²) in [6.07, 6.45) is 0. The van der Waals surface area contributed by atoms with Crippen LogP contribution in [0.5, 0.6) is 17.2 Å². The third kappa shape index (κ3) is 2.07. The van der Waals surface area contributed by atoms with Crippen molar-refractivity contribution in [2.45, 2.75) is 0 Å². The Kier molecular flexibility index (Phi) is 3.17. The predicted molar refractivity (Wildman–Crippen MR) is 80.9 cm³/mol. The largest absolute Gasteiger partial charge is 0.504 e. The zero-order chi connectivity index (χ0) is 15.0. The van der Waals surface area contributed by atoms with Gasteiger partial charge in [-0.3, -0.25) is 0 Å². The molecule has 0 bridgehead atoms. The molecule has 0 fully saturated rings. The van der Waals surface area contributed by atoms with E-state index < -0.39 is 0 Å². The van der Waals surface area contributed by atoms with E-state index in [0.29, 0.717) is 17.1 Å². The van der Waals surface area contributed by atoms with Crippen LogP contribution in [0.15, 0.2) is 36.4 Å². The van der Waals surface area contributed by atoms with Crippen LogP contribution in [-0.2, 0) is 7.05 Å². The van der Waals surface area contributed by atoms with Crippen molar-refractivity contribution in [3.8, 4) is 28.6 Å². The molecule has 0 aliphatic rings. The molecule has 0 aliphatic carbocycles. The van der Waals surface area contributed by atoms with Crippen LogP contribution in [0.25, 0.3) is 22.4 Å². The third-order valence-corrected chi connectivity index (χ3v) is 3.55. The second-order valence-electron chi connectivity index (χ2n) is 4.71. The van der Waals surface area contributed by atoms with Gasteiger partial charge in [0.1, 0.15) is 11.6 Å². The maximum atomic E-state index is 10.3. The Labute approximate surface area is 122 Å². The number of aryl methyl sites for hydroxylation is 1. The molecule has 0 saturated heterocycles. The Bertz CT molecular complexity index is 809. The first kappa shape index (κ1) is 13.3. The lowest BCUT2D eigenvalue weighted by Gasteiger charge is -2.08. The van der Waals surface area contributed by atoms with Crippen LogP contribution in [0.4, 0.5) is 0 Å². The molecular formula is C16H16N2O3. The SMILES string of the molecule is COc1ccc2c(c1)nc(-c1cccc(OC)c1O)n2C. The first-order chi connectivity index (χ1) is 10.2. The number of benzene rings is 2. The molecule has 3 rings (SSSR count). The number of para-hydroxylation sites is 1. The summed E-state index contributed by atoms with van der Waals surface area (Å²) in [4.78, 5) is 4.59. The highest BCUT2D eigenvalue weighted by Gasteiger charge is 2.16. The van der Waals surface area contributed by atoms with Gasteiger partial charge < -0.3 is 19.1 Å². The molecule has 3 aromatic rings. The van der Waals surface area contributed by atoms with Crippen molar-refractivity contribution in [1.82, 2.24) is 9.55 Å². The molecule has 0 unspecified atom stereocenters. The van der Waals surface area contributed by atoms with Gasteiger partial charge in [-0.25, -0.2) is 4.98 Å². The number of hydrogen-bond donors (Lipinski definition) is 1. The summed E-state index contributed by atoms with van der Waals surface area (Å²) in [5.41, 5.74) is 2.41. The number of ether oxygens (including phenoxy) is 2. The highest BCUT2D eigenvalue weighted by Crippen LogP contribution is 2.37. The van der Waals surface area contributed by atoms with Crippen molar-refractivity contribution in [1.29, 1.82) is 0 Å². The first-order valence-electron chi connectivity index (χ1n) is 6.52. The number of imidazole rings is 1. The van der Waals surface area contributed by atoms with Gasteiger partial charge in [-0.15, -0.1) is 0 Å². The lowest BCUT2D eigenvalue weighted by Crippen LogP contribution is -1.94. The van der Waals surface area contributed by atoms with Crippen molar-refractivity contribution in [3.05, 3.63) is 36.4 Å². The summed E-state index contributed by atoms with van der Waals surface area (Å²) in [6.45, 7) is 0. The maximum Gasteiger partial charge on any atom is 0.168 e. The van der Waals surface area contributed by atoms with E-state index in [1.807, 2.05) is 41.9 Å². The normalized spacial score (nSPS) is 10.8. The van der Waals surface area contributed by atoms with Gasteiger partial charge in [-0.1, -0.05) is 6.07 Å². The molecule has 0 aliphatic heterocycles. The van der Waals surface area contributed by atoms with E-state index in [2.05, 4.69) is 4.98 Å². The summed E-state index contributed by atoms with van der Waals surface area (Å²) >= 11 is 0. The molecule has 108 valence electrons. The monoisotopic (exact) mass is 284 g/mol. The van der Waals surface area contributed by atoms with Gasteiger partial charge in [0.05, 0.1) is 30.8 Å². The number of rotatable bonds is 3. The topological polar surface area (TPSA) is 56.5 Å². The molecule has 0 saturated carbocycles. The van der Waals surface area contributed by atoms with E-state index in [1.165, 1.54) is 7.11 Å². The van der Waals surface area contributed by atoms with Gasteiger partial charge in [-0.05, 0) is 24.3 Å². The van der Waals surface area contributed by atoms with Gasteiger partial charge in [-0.2, -0.15) is 0 Å². The molecule has 5 heteroatoms. The summed E-state index contributed by atoms with van der Waals surface area (Å²) in [6, 6.07) is 11.1. The Hall–Kier alpha value is -2.69. The Morgan fingerprint density at radius 1 is 1.10 bits per heavy atom. The van der Waals surface area contributed by atoms with Crippen LogP contribution in [0.2, 0.25) is 0 Å². The van der Waals surface area contributed by atoms with Crippen LogP contribution in [-0.4, -0.2) is 28.9 Å². The fraction of sp³-hybridized carbons (Fsp3) is 0.188. The second kappa shape index (κ2) is 5.01. The number of aromatic nitrogens is 2. The Balaban J connectivity index is 2.23. The average molecular weight is 284 g/mol. The molecule has 0 atom stereocenters. The van der Waals surface area contributed by atoms with E-state index >= 15 is 0 Å².